The van der Waals surface area contributed by atoms with Gasteiger partial charge in [0.05, 0.1) is 19.7 Å². The first kappa shape index (κ1) is 20.1. The Morgan fingerprint density at radius 3 is 2.23 bits per heavy atom. The highest BCUT2D eigenvalue weighted by atomic mass is 16.5. The average Bonchev–Trinajstić information content (AvgIpc) is 3.65. The van der Waals surface area contributed by atoms with Gasteiger partial charge in [0.1, 0.15) is 11.6 Å². The van der Waals surface area contributed by atoms with E-state index in [-0.39, 0.29) is 0 Å². The predicted octanol–water partition coefficient (Wildman–Crippen LogP) is 4.16. The van der Waals surface area contributed by atoms with E-state index in [4.69, 9.17) is 19.4 Å². The number of hydrogen-bond donors (Lipinski definition) is 0. The van der Waals surface area contributed by atoms with Crippen LogP contribution in [-0.2, 0) is 6.54 Å². The van der Waals surface area contributed by atoms with Gasteiger partial charge in [0.15, 0.2) is 11.5 Å². The predicted molar refractivity (Wildman–Crippen MR) is 123 cm³/mol. The topological polar surface area (TPSA) is 50.7 Å². The van der Waals surface area contributed by atoms with Crippen LogP contribution in [0, 0.1) is 6.92 Å². The first-order valence-corrected chi connectivity index (χ1v) is 11.1. The molecule has 1 aliphatic heterocycles. The van der Waals surface area contributed by atoms with E-state index in [1.165, 1.54) is 24.0 Å². The molecule has 0 spiro atoms. The zero-order valence-electron chi connectivity index (χ0n) is 18.6. The van der Waals surface area contributed by atoms with Crippen LogP contribution in [0.4, 0.5) is 5.82 Å². The zero-order valence-corrected chi connectivity index (χ0v) is 18.6. The van der Waals surface area contributed by atoms with E-state index in [0.29, 0.717) is 11.7 Å². The normalized spacial score (nSPS) is 17.2. The minimum absolute atomic E-state index is 0.499. The van der Waals surface area contributed by atoms with Gasteiger partial charge in [0, 0.05) is 50.1 Å². The third-order valence-electron chi connectivity index (χ3n) is 6.34. The van der Waals surface area contributed by atoms with Crippen molar-refractivity contribution in [2.24, 2.45) is 0 Å². The zero-order chi connectivity index (χ0) is 21.4. The molecule has 2 aromatic carbocycles. The number of methoxy groups -OCH3 is 2. The summed E-state index contributed by atoms with van der Waals surface area (Å²) in [7, 11) is 3.34. The molecule has 0 atom stereocenters. The van der Waals surface area contributed by atoms with Crippen LogP contribution in [0.25, 0.3) is 10.9 Å². The summed E-state index contributed by atoms with van der Waals surface area (Å²) < 4.78 is 11.1. The third kappa shape index (κ3) is 4.17. The SMILES string of the molecule is COc1cc2nc(C3CC3)nc(N3CCN(Cc4ccc(C)cc4)CC3)c2cc1OC. The van der Waals surface area contributed by atoms with E-state index in [2.05, 4.69) is 41.0 Å². The summed E-state index contributed by atoms with van der Waals surface area (Å²) in [6.45, 7) is 7.08. The molecule has 2 fully saturated rings. The van der Waals surface area contributed by atoms with Gasteiger partial charge < -0.3 is 14.4 Å². The molecular weight excluding hydrogens is 388 g/mol. The summed E-state index contributed by atoms with van der Waals surface area (Å²) in [4.78, 5) is 14.8. The Bertz CT molecular complexity index is 1070. The van der Waals surface area contributed by atoms with Crippen LogP contribution in [0.1, 0.15) is 35.7 Å². The number of aryl methyl sites for hydroxylation is 1. The van der Waals surface area contributed by atoms with E-state index in [1.54, 1.807) is 14.2 Å². The number of aromatic nitrogens is 2. The summed E-state index contributed by atoms with van der Waals surface area (Å²) in [6.07, 6.45) is 2.37. The van der Waals surface area contributed by atoms with Gasteiger partial charge in [-0.2, -0.15) is 0 Å². The Hall–Kier alpha value is -2.86. The molecule has 31 heavy (non-hydrogen) atoms. The number of piperazine rings is 1. The number of ether oxygens (including phenoxy) is 2. The van der Waals surface area contributed by atoms with Crippen molar-refractivity contribution in [2.45, 2.75) is 32.2 Å². The number of hydrogen-bond acceptors (Lipinski definition) is 6. The maximum absolute atomic E-state index is 5.56. The molecule has 1 saturated heterocycles. The molecule has 0 N–H and O–H groups in total. The average molecular weight is 419 g/mol. The van der Waals surface area contributed by atoms with Gasteiger partial charge in [-0.15, -0.1) is 0 Å². The maximum Gasteiger partial charge on any atom is 0.162 e. The Morgan fingerprint density at radius 2 is 1.58 bits per heavy atom. The molecule has 0 amide bonds. The lowest BCUT2D eigenvalue weighted by Crippen LogP contribution is -2.46. The minimum atomic E-state index is 0.499. The van der Waals surface area contributed by atoms with Gasteiger partial charge >= 0.3 is 0 Å². The number of rotatable bonds is 6. The molecule has 0 bridgehead atoms. The number of nitrogens with zero attached hydrogens (tertiary/aromatic N) is 4. The molecule has 6 heteroatoms. The number of anilines is 1. The Morgan fingerprint density at radius 1 is 0.903 bits per heavy atom. The molecule has 162 valence electrons. The second-order valence-electron chi connectivity index (χ2n) is 8.65. The molecule has 3 aromatic rings. The van der Waals surface area contributed by atoms with Crippen LogP contribution in [-0.4, -0.2) is 55.3 Å². The molecule has 1 aliphatic carbocycles. The summed E-state index contributed by atoms with van der Waals surface area (Å²) in [5.74, 6) is 3.93. The maximum atomic E-state index is 5.56. The minimum Gasteiger partial charge on any atom is -0.493 e. The third-order valence-corrected chi connectivity index (χ3v) is 6.34. The molecule has 1 saturated carbocycles. The van der Waals surface area contributed by atoms with Crippen LogP contribution in [0.5, 0.6) is 11.5 Å². The second-order valence-corrected chi connectivity index (χ2v) is 8.65. The lowest BCUT2D eigenvalue weighted by atomic mass is 10.1. The van der Waals surface area contributed by atoms with Crippen molar-refractivity contribution in [1.82, 2.24) is 14.9 Å². The van der Waals surface area contributed by atoms with Crippen molar-refractivity contribution >= 4 is 16.7 Å². The molecule has 2 heterocycles. The quantitative estimate of drug-likeness (QED) is 0.599. The van der Waals surface area contributed by atoms with Crippen molar-refractivity contribution in [3.63, 3.8) is 0 Å². The van der Waals surface area contributed by atoms with Crippen molar-refractivity contribution in [1.29, 1.82) is 0 Å². The van der Waals surface area contributed by atoms with Crippen molar-refractivity contribution in [3.8, 4) is 11.5 Å². The second kappa shape index (κ2) is 8.35. The van der Waals surface area contributed by atoms with Gasteiger partial charge in [-0.1, -0.05) is 29.8 Å². The van der Waals surface area contributed by atoms with Gasteiger partial charge in [-0.25, -0.2) is 9.97 Å². The first-order valence-electron chi connectivity index (χ1n) is 11.1. The highest BCUT2D eigenvalue weighted by molar-refractivity contribution is 5.92. The van der Waals surface area contributed by atoms with Gasteiger partial charge in [0.2, 0.25) is 0 Å². The first-order chi connectivity index (χ1) is 15.1. The van der Waals surface area contributed by atoms with Crippen molar-refractivity contribution in [2.75, 3.05) is 45.3 Å². The van der Waals surface area contributed by atoms with Crippen LogP contribution in [0.15, 0.2) is 36.4 Å². The molecule has 2 aliphatic rings. The van der Waals surface area contributed by atoms with E-state index >= 15 is 0 Å². The fraction of sp³-hybridized carbons (Fsp3) is 0.440. The van der Waals surface area contributed by atoms with Gasteiger partial charge in [0.25, 0.3) is 0 Å². The van der Waals surface area contributed by atoms with Crippen LogP contribution in [0.3, 0.4) is 0 Å². The number of fused-ring (bicyclic) bond motifs is 1. The summed E-state index contributed by atoms with van der Waals surface area (Å²) in [5.41, 5.74) is 3.62. The van der Waals surface area contributed by atoms with Crippen LogP contribution < -0.4 is 14.4 Å². The Balaban J connectivity index is 1.40. The molecule has 0 radical (unpaired) electrons. The Kier molecular flexibility index (Phi) is 5.40. The lowest BCUT2D eigenvalue weighted by molar-refractivity contribution is 0.249. The lowest BCUT2D eigenvalue weighted by Gasteiger charge is -2.36. The fourth-order valence-electron chi connectivity index (χ4n) is 4.29. The van der Waals surface area contributed by atoms with Crippen molar-refractivity contribution in [3.05, 3.63) is 53.3 Å². The largest absolute Gasteiger partial charge is 0.493 e. The van der Waals surface area contributed by atoms with Gasteiger partial charge in [-0.05, 0) is 31.4 Å². The summed E-state index contributed by atoms with van der Waals surface area (Å²) in [6, 6.07) is 12.9. The highest BCUT2D eigenvalue weighted by Crippen LogP contribution is 2.41. The standard InChI is InChI=1S/C25H30N4O2/c1-17-4-6-18(7-5-17)16-28-10-12-29(13-11-28)25-20-14-22(30-2)23(31-3)15-21(20)26-24(27-25)19-8-9-19/h4-7,14-15,19H,8-13,16H2,1-3H3. The van der Waals surface area contributed by atoms with E-state index in [1.807, 2.05) is 12.1 Å². The fourth-order valence-corrected chi connectivity index (χ4v) is 4.29. The molecule has 1 aromatic heterocycles. The number of benzene rings is 2. The molecule has 5 rings (SSSR count). The monoisotopic (exact) mass is 418 g/mol. The van der Waals surface area contributed by atoms with E-state index < -0.39 is 0 Å². The van der Waals surface area contributed by atoms with Crippen LogP contribution in [0.2, 0.25) is 0 Å². The molecular formula is C25H30N4O2. The van der Waals surface area contributed by atoms with Crippen LogP contribution >= 0.6 is 0 Å². The molecule has 6 nitrogen and oxygen atoms in total. The summed E-state index contributed by atoms with van der Waals surface area (Å²) >= 11 is 0. The Labute approximate surface area is 183 Å². The highest BCUT2D eigenvalue weighted by Gasteiger charge is 2.29. The summed E-state index contributed by atoms with van der Waals surface area (Å²) in [5, 5.41) is 1.04. The van der Waals surface area contributed by atoms with Crippen molar-refractivity contribution < 1.29 is 9.47 Å². The van der Waals surface area contributed by atoms with Gasteiger partial charge in [-0.3, -0.25) is 4.90 Å². The molecule has 0 unspecified atom stereocenters. The van der Waals surface area contributed by atoms with E-state index in [9.17, 15) is 0 Å². The van der Waals surface area contributed by atoms with E-state index in [0.717, 1.165) is 61.0 Å². The smallest absolute Gasteiger partial charge is 0.162 e.